The molecule has 4 aromatic rings. The van der Waals surface area contributed by atoms with Crippen molar-refractivity contribution in [3.8, 4) is 11.4 Å². The predicted molar refractivity (Wildman–Crippen MR) is 107 cm³/mol. The van der Waals surface area contributed by atoms with E-state index >= 15 is 0 Å². The van der Waals surface area contributed by atoms with Crippen LogP contribution in [0.4, 0.5) is 0 Å². The molecule has 3 aromatic heterocycles. The zero-order valence-corrected chi connectivity index (χ0v) is 15.9. The van der Waals surface area contributed by atoms with Gasteiger partial charge in [0.25, 0.3) is 0 Å². The minimum Gasteiger partial charge on any atom is -0.469 e. The maximum absolute atomic E-state index is 5.48. The lowest BCUT2D eigenvalue weighted by atomic mass is 10.2. The number of rotatable bonds is 7. The Morgan fingerprint density at radius 1 is 1.00 bits per heavy atom. The summed E-state index contributed by atoms with van der Waals surface area (Å²) in [4.78, 5) is 4.39. The molecule has 0 saturated carbocycles. The van der Waals surface area contributed by atoms with Gasteiger partial charge in [-0.05, 0) is 37.1 Å². The number of aryl methyl sites for hydroxylation is 2. The van der Waals surface area contributed by atoms with Gasteiger partial charge < -0.3 is 4.42 Å². The minimum absolute atomic E-state index is 0.722. The topological polar surface area (TPSA) is 56.7 Å². The summed E-state index contributed by atoms with van der Waals surface area (Å²) in [5.41, 5.74) is 3.28. The molecule has 0 aliphatic heterocycles. The van der Waals surface area contributed by atoms with E-state index in [9.17, 15) is 0 Å². The summed E-state index contributed by atoms with van der Waals surface area (Å²) in [5.74, 6) is 2.58. The van der Waals surface area contributed by atoms with Crippen molar-refractivity contribution in [3.05, 3.63) is 84.1 Å². The van der Waals surface area contributed by atoms with E-state index in [2.05, 4.69) is 50.1 Å². The summed E-state index contributed by atoms with van der Waals surface area (Å²) in [6.07, 6.45) is 4.42. The highest BCUT2D eigenvalue weighted by Gasteiger charge is 2.17. The van der Waals surface area contributed by atoms with Crippen molar-refractivity contribution in [1.29, 1.82) is 0 Å². The van der Waals surface area contributed by atoms with E-state index in [1.165, 1.54) is 5.56 Å². The average molecular weight is 376 g/mol. The zero-order valence-electron chi connectivity index (χ0n) is 15.1. The van der Waals surface area contributed by atoms with E-state index in [-0.39, 0.29) is 0 Å². The monoisotopic (exact) mass is 376 g/mol. The Balaban J connectivity index is 1.58. The van der Waals surface area contributed by atoms with Crippen LogP contribution in [0, 0.1) is 6.92 Å². The van der Waals surface area contributed by atoms with Crippen LogP contribution < -0.4 is 0 Å². The van der Waals surface area contributed by atoms with Crippen LogP contribution in [0.2, 0.25) is 0 Å². The Labute approximate surface area is 162 Å². The first-order chi connectivity index (χ1) is 13.3. The molecule has 136 valence electrons. The molecule has 0 aliphatic rings. The van der Waals surface area contributed by atoms with E-state index < -0.39 is 0 Å². The molecule has 0 fully saturated rings. The molecule has 0 unspecified atom stereocenters. The predicted octanol–water partition coefficient (Wildman–Crippen LogP) is 4.62. The lowest BCUT2D eigenvalue weighted by molar-refractivity contribution is 0.534. The molecule has 1 aromatic carbocycles. The highest BCUT2D eigenvalue weighted by Crippen LogP contribution is 2.28. The molecule has 3 heterocycles. The summed E-state index contributed by atoms with van der Waals surface area (Å²) < 4.78 is 7.64. The van der Waals surface area contributed by atoms with Crippen LogP contribution in [0.25, 0.3) is 11.4 Å². The third kappa shape index (κ3) is 4.11. The molecule has 0 saturated heterocycles. The highest BCUT2D eigenvalue weighted by atomic mass is 32.2. The maximum atomic E-state index is 5.48. The quantitative estimate of drug-likeness (QED) is 0.440. The molecule has 0 amide bonds. The largest absolute Gasteiger partial charge is 0.469 e. The number of nitrogens with zero attached hydrogens (tertiary/aromatic N) is 4. The second-order valence-corrected chi connectivity index (χ2v) is 7.25. The van der Waals surface area contributed by atoms with Gasteiger partial charge in [-0.25, -0.2) is 0 Å². The van der Waals surface area contributed by atoms with Crippen LogP contribution in [0.15, 0.2) is 76.6 Å². The van der Waals surface area contributed by atoms with Gasteiger partial charge in [0, 0.05) is 17.6 Å². The number of pyridine rings is 1. The first-order valence-corrected chi connectivity index (χ1v) is 9.84. The number of hydrogen-bond acceptors (Lipinski definition) is 5. The molecule has 6 heteroatoms. The van der Waals surface area contributed by atoms with Gasteiger partial charge in [-0.2, -0.15) is 0 Å². The van der Waals surface area contributed by atoms with Gasteiger partial charge in [-0.3, -0.25) is 9.55 Å². The van der Waals surface area contributed by atoms with Crippen molar-refractivity contribution in [2.45, 2.75) is 25.0 Å². The standard InChI is InChI=1S/C21H20N4OS/c1-16-19(10-13-26-16)20-23-24-21(25(20)15-17-7-3-2-4-8-17)27-14-11-18-9-5-6-12-22-18/h2-10,12-13H,11,14-15H2,1H3. The lowest BCUT2D eigenvalue weighted by Gasteiger charge is -2.10. The van der Waals surface area contributed by atoms with Crippen molar-refractivity contribution < 1.29 is 4.42 Å². The Morgan fingerprint density at radius 2 is 1.85 bits per heavy atom. The molecule has 4 rings (SSSR count). The third-order valence-electron chi connectivity index (χ3n) is 4.32. The van der Waals surface area contributed by atoms with Gasteiger partial charge >= 0.3 is 0 Å². The average Bonchev–Trinajstić information content (AvgIpc) is 3.29. The Hall–Kier alpha value is -2.86. The van der Waals surface area contributed by atoms with Crippen molar-refractivity contribution in [1.82, 2.24) is 19.7 Å². The summed E-state index contributed by atoms with van der Waals surface area (Å²) in [5, 5.41) is 9.82. The maximum Gasteiger partial charge on any atom is 0.191 e. The molecule has 0 aliphatic carbocycles. The van der Waals surface area contributed by atoms with Crippen LogP contribution in [-0.2, 0) is 13.0 Å². The zero-order chi connectivity index (χ0) is 18.5. The molecule has 5 nitrogen and oxygen atoms in total. The number of furan rings is 1. The fraction of sp³-hybridized carbons (Fsp3) is 0.190. The molecule has 0 atom stereocenters. The smallest absolute Gasteiger partial charge is 0.191 e. The molecule has 0 bridgehead atoms. The van der Waals surface area contributed by atoms with Crippen molar-refractivity contribution in [3.63, 3.8) is 0 Å². The fourth-order valence-electron chi connectivity index (χ4n) is 2.91. The Bertz CT molecular complexity index is 995. The van der Waals surface area contributed by atoms with Crippen molar-refractivity contribution in [2.24, 2.45) is 0 Å². The Kier molecular flexibility index (Phi) is 5.34. The summed E-state index contributed by atoms with van der Waals surface area (Å²) in [6.45, 7) is 2.67. The van der Waals surface area contributed by atoms with E-state index in [0.717, 1.165) is 46.7 Å². The van der Waals surface area contributed by atoms with Crippen LogP contribution in [-0.4, -0.2) is 25.5 Å². The van der Waals surface area contributed by atoms with Gasteiger partial charge in [-0.1, -0.05) is 48.2 Å². The minimum atomic E-state index is 0.722. The van der Waals surface area contributed by atoms with Crippen LogP contribution in [0.5, 0.6) is 0 Å². The lowest BCUT2D eigenvalue weighted by Crippen LogP contribution is -2.05. The normalized spacial score (nSPS) is 11.0. The Morgan fingerprint density at radius 3 is 2.59 bits per heavy atom. The summed E-state index contributed by atoms with van der Waals surface area (Å²) in [7, 11) is 0. The molecule has 0 N–H and O–H groups in total. The van der Waals surface area contributed by atoms with Gasteiger partial charge in [0.05, 0.1) is 18.4 Å². The molecule has 27 heavy (non-hydrogen) atoms. The summed E-state index contributed by atoms with van der Waals surface area (Å²) in [6, 6.07) is 18.3. The molecular formula is C21H20N4OS. The number of thioether (sulfide) groups is 1. The molecule has 0 radical (unpaired) electrons. The van der Waals surface area contributed by atoms with Gasteiger partial charge in [-0.15, -0.1) is 10.2 Å². The van der Waals surface area contributed by atoms with Crippen molar-refractivity contribution in [2.75, 3.05) is 5.75 Å². The van der Waals surface area contributed by atoms with Gasteiger partial charge in [0.1, 0.15) is 5.76 Å². The van der Waals surface area contributed by atoms with Crippen LogP contribution >= 0.6 is 11.8 Å². The highest BCUT2D eigenvalue weighted by molar-refractivity contribution is 7.99. The fourth-order valence-corrected chi connectivity index (χ4v) is 3.81. The van der Waals surface area contributed by atoms with E-state index in [1.807, 2.05) is 37.4 Å². The van der Waals surface area contributed by atoms with Gasteiger partial charge in [0.2, 0.25) is 0 Å². The van der Waals surface area contributed by atoms with E-state index in [0.29, 0.717) is 0 Å². The molecule has 0 spiro atoms. The molecular weight excluding hydrogens is 356 g/mol. The number of aromatic nitrogens is 4. The van der Waals surface area contributed by atoms with E-state index in [4.69, 9.17) is 4.42 Å². The first-order valence-electron chi connectivity index (χ1n) is 8.85. The first kappa shape index (κ1) is 17.5. The number of hydrogen-bond donors (Lipinski definition) is 0. The SMILES string of the molecule is Cc1occc1-c1nnc(SCCc2ccccn2)n1Cc1ccccc1. The second kappa shape index (κ2) is 8.22. The van der Waals surface area contributed by atoms with Crippen molar-refractivity contribution >= 4 is 11.8 Å². The summed E-state index contributed by atoms with van der Waals surface area (Å²) >= 11 is 1.70. The van der Waals surface area contributed by atoms with Crippen LogP contribution in [0.3, 0.4) is 0 Å². The van der Waals surface area contributed by atoms with Gasteiger partial charge in [0.15, 0.2) is 11.0 Å². The van der Waals surface area contributed by atoms with E-state index in [1.54, 1.807) is 18.0 Å². The second-order valence-electron chi connectivity index (χ2n) is 6.19. The van der Waals surface area contributed by atoms with Crippen LogP contribution in [0.1, 0.15) is 17.0 Å². The third-order valence-corrected chi connectivity index (χ3v) is 5.28. The number of benzene rings is 1.